The second kappa shape index (κ2) is 15.7. The summed E-state index contributed by atoms with van der Waals surface area (Å²) in [5.41, 5.74) is 5.18. The maximum absolute atomic E-state index is 13.9. The number of rotatable bonds is 8. The van der Waals surface area contributed by atoms with Crippen molar-refractivity contribution in [1.82, 2.24) is 0 Å². The molecule has 3 aromatic carbocycles. The molecule has 1 amide bonds. The van der Waals surface area contributed by atoms with Crippen LogP contribution in [-0.2, 0) is 20.9 Å². The zero-order chi connectivity index (χ0) is 28.9. The first-order chi connectivity index (χ1) is 19.4. The van der Waals surface area contributed by atoms with Crippen LogP contribution in [0.3, 0.4) is 0 Å². The van der Waals surface area contributed by atoms with Crippen molar-refractivity contribution in [3.8, 4) is 11.1 Å². The topological polar surface area (TPSA) is 49.9 Å². The van der Waals surface area contributed by atoms with Gasteiger partial charge in [-0.1, -0.05) is 68.2 Å². The number of hydrogen-bond donors (Lipinski definition) is 0. The lowest BCUT2D eigenvalue weighted by Gasteiger charge is -2.18. The number of benzene rings is 3. The normalized spacial score (nSPS) is 16.9. The number of aldehydes is 1. The Morgan fingerprint density at radius 2 is 1.38 bits per heavy atom. The Kier molecular flexibility index (Phi) is 12.1. The average molecular weight is 545 g/mol. The van der Waals surface area contributed by atoms with E-state index in [0.717, 1.165) is 22.4 Å². The fourth-order valence-corrected chi connectivity index (χ4v) is 5.32. The summed E-state index contributed by atoms with van der Waals surface area (Å²) in [7, 11) is 7.26. The van der Waals surface area contributed by atoms with Gasteiger partial charge in [0, 0.05) is 39.7 Å². The first kappa shape index (κ1) is 30.8. The quantitative estimate of drug-likeness (QED) is 0.219. The van der Waals surface area contributed by atoms with E-state index < -0.39 is 5.82 Å². The molecule has 0 saturated heterocycles. The average Bonchev–Trinajstić information content (AvgIpc) is 3.62. The van der Waals surface area contributed by atoms with Crippen LogP contribution in [0, 0.1) is 17.7 Å². The van der Waals surface area contributed by atoms with Crippen molar-refractivity contribution in [2.24, 2.45) is 11.8 Å². The van der Waals surface area contributed by atoms with Crippen LogP contribution in [0.4, 0.5) is 15.8 Å². The Hall–Kier alpha value is -3.77. The first-order valence-corrected chi connectivity index (χ1v) is 13.8. The van der Waals surface area contributed by atoms with Crippen molar-refractivity contribution in [3.63, 3.8) is 0 Å². The van der Waals surface area contributed by atoms with Crippen LogP contribution in [-0.4, -0.2) is 41.0 Å². The van der Waals surface area contributed by atoms with Gasteiger partial charge in [0.2, 0.25) is 6.41 Å². The molecule has 0 atom stereocenters. The van der Waals surface area contributed by atoms with E-state index in [2.05, 4.69) is 29.0 Å². The fourth-order valence-electron chi connectivity index (χ4n) is 5.32. The third kappa shape index (κ3) is 9.16. The highest BCUT2D eigenvalue weighted by Gasteiger charge is 2.30. The second-order valence-electron chi connectivity index (χ2n) is 10.6. The highest BCUT2D eigenvalue weighted by molar-refractivity contribution is 5.79. The number of ether oxygens (including phenoxy) is 1. The van der Waals surface area contributed by atoms with E-state index in [4.69, 9.17) is 0 Å². The molecular weight excluding hydrogens is 503 g/mol. The molecule has 2 bridgehead atoms. The summed E-state index contributed by atoms with van der Waals surface area (Å²) >= 11 is 0. The van der Waals surface area contributed by atoms with E-state index in [-0.39, 0.29) is 0 Å². The van der Waals surface area contributed by atoms with Crippen molar-refractivity contribution < 1.29 is 18.7 Å². The van der Waals surface area contributed by atoms with Gasteiger partial charge in [0.15, 0.2) is 0 Å². The van der Waals surface area contributed by atoms with Gasteiger partial charge in [-0.3, -0.25) is 9.59 Å². The van der Waals surface area contributed by atoms with Crippen molar-refractivity contribution in [1.29, 1.82) is 0 Å². The summed E-state index contributed by atoms with van der Waals surface area (Å²) < 4.78 is 18.2. The van der Waals surface area contributed by atoms with E-state index >= 15 is 0 Å². The lowest BCUT2D eigenvalue weighted by molar-refractivity contribution is -0.107. The molecule has 212 valence electrons. The number of fused-ring (bicyclic) bond motifs is 2. The zero-order valence-electron chi connectivity index (χ0n) is 24.1. The van der Waals surface area contributed by atoms with Gasteiger partial charge in [-0.05, 0) is 76.9 Å². The Morgan fingerprint density at radius 3 is 1.82 bits per heavy atom. The number of carbonyl (C=O) groups is 2. The van der Waals surface area contributed by atoms with Gasteiger partial charge in [-0.2, -0.15) is 0 Å². The highest BCUT2D eigenvalue weighted by Crippen LogP contribution is 2.43. The van der Waals surface area contributed by atoms with E-state index in [1.807, 2.05) is 43.3 Å². The maximum Gasteiger partial charge on any atom is 0.214 e. The number of anilines is 2. The Bertz CT molecular complexity index is 1220. The number of hydrogen-bond acceptors (Lipinski definition) is 4. The number of nitrogens with zero attached hydrogens (tertiary/aromatic N) is 2. The van der Waals surface area contributed by atoms with Gasteiger partial charge < -0.3 is 14.5 Å². The number of halogens is 1. The monoisotopic (exact) mass is 544 g/mol. The third-order valence-electron chi connectivity index (χ3n) is 7.39. The lowest BCUT2D eigenvalue weighted by atomic mass is 10.0. The van der Waals surface area contributed by atoms with Crippen molar-refractivity contribution >= 4 is 30.1 Å². The molecule has 2 aliphatic carbocycles. The highest BCUT2D eigenvalue weighted by atomic mass is 19.1. The molecule has 0 heterocycles. The number of carbonyl (C=O) groups excluding carboxylic acids is 2. The summed E-state index contributed by atoms with van der Waals surface area (Å²) in [4.78, 5) is 25.6. The summed E-state index contributed by atoms with van der Waals surface area (Å²) in [6.45, 7) is 0.309. The largest absolute Gasteiger partial charge is 0.388 e. The van der Waals surface area contributed by atoms with Crippen LogP contribution in [0.15, 0.2) is 72.8 Å². The first-order valence-electron chi connectivity index (χ1n) is 13.8. The van der Waals surface area contributed by atoms with Crippen LogP contribution in [0.25, 0.3) is 17.2 Å². The molecule has 0 aliphatic heterocycles. The molecule has 0 aromatic heterocycles. The van der Waals surface area contributed by atoms with Crippen LogP contribution < -0.4 is 9.80 Å². The molecule has 2 fully saturated rings. The van der Waals surface area contributed by atoms with E-state index in [1.165, 1.54) is 41.0 Å². The second-order valence-corrected chi connectivity index (χ2v) is 10.6. The Labute approximate surface area is 238 Å². The maximum atomic E-state index is 13.9. The number of amides is 1. The fraction of sp³-hybridized carbons (Fsp3) is 0.353. The van der Waals surface area contributed by atoms with E-state index in [1.54, 1.807) is 52.4 Å². The summed E-state index contributed by atoms with van der Waals surface area (Å²) in [6.07, 6.45) is 11.9. The van der Waals surface area contributed by atoms with E-state index in [0.29, 0.717) is 30.5 Å². The zero-order valence-corrected chi connectivity index (χ0v) is 24.1. The lowest BCUT2D eigenvalue weighted by Crippen LogP contribution is -2.20. The molecule has 6 heteroatoms. The van der Waals surface area contributed by atoms with Crippen LogP contribution in [0.5, 0.6) is 0 Å². The summed E-state index contributed by atoms with van der Waals surface area (Å²) in [5, 5.41) is 0. The molecule has 3 aromatic rings. The third-order valence-corrected chi connectivity index (χ3v) is 7.39. The molecule has 0 radical (unpaired) electrons. The van der Waals surface area contributed by atoms with Gasteiger partial charge in [-0.15, -0.1) is 0 Å². The van der Waals surface area contributed by atoms with Crippen molar-refractivity contribution in [2.45, 2.75) is 38.6 Å². The standard InChI is InChI=1S/C25H23FN2O2.C7H12.C2H6O/c1-27(2)24-11-9-22(10-12-24)21-7-5-19(6-8-21)17-28(18-30)25-15-20(4-3-13-29)14-23(26)16-25;1-2-7-4-3-6(1)5-7;1-3-2/h3-16,18H,17H2,1-2H3;6-7H,1-5H2;1-2H3/b4-3+;;. The molecule has 5 nitrogen and oxygen atoms in total. The number of methoxy groups -OCH3 is 1. The SMILES string of the molecule is C1CC2CCC1C2.CN(C)c1ccc(-c2ccc(CN(C=O)c3cc(F)cc(/C=C/C=O)c3)cc2)cc1.COC. The van der Waals surface area contributed by atoms with Gasteiger partial charge in [0.05, 0.1) is 6.54 Å². The van der Waals surface area contributed by atoms with Crippen LogP contribution in [0.1, 0.15) is 43.2 Å². The molecule has 40 heavy (non-hydrogen) atoms. The minimum atomic E-state index is -0.471. The predicted molar refractivity (Wildman–Crippen MR) is 163 cm³/mol. The molecule has 2 aliphatic rings. The molecule has 0 N–H and O–H groups in total. The van der Waals surface area contributed by atoms with Crippen molar-refractivity contribution in [2.75, 3.05) is 38.1 Å². The predicted octanol–water partition coefficient (Wildman–Crippen LogP) is 7.39. The van der Waals surface area contributed by atoms with E-state index in [9.17, 15) is 14.0 Å². The molecule has 2 saturated carbocycles. The minimum absolute atomic E-state index is 0.309. The summed E-state index contributed by atoms with van der Waals surface area (Å²) in [6, 6.07) is 20.5. The van der Waals surface area contributed by atoms with Gasteiger partial charge in [-0.25, -0.2) is 4.39 Å². The van der Waals surface area contributed by atoms with Crippen molar-refractivity contribution in [3.05, 3.63) is 89.8 Å². The molecule has 5 rings (SSSR count). The summed E-state index contributed by atoms with van der Waals surface area (Å²) in [5.74, 6) is 1.87. The smallest absolute Gasteiger partial charge is 0.214 e. The molecule has 0 unspecified atom stereocenters. The van der Waals surface area contributed by atoms with Gasteiger partial charge in [0.1, 0.15) is 12.1 Å². The minimum Gasteiger partial charge on any atom is -0.388 e. The van der Waals surface area contributed by atoms with Gasteiger partial charge in [0.25, 0.3) is 0 Å². The molecular formula is C34H41FN2O3. The van der Waals surface area contributed by atoms with Gasteiger partial charge >= 0.3 is 0 Å². The van der Waals surface area contributed by atoms with Crippen LogP contribution >= 0.6 is 0 Å². The van der Waals surface area contributed by atoms with Crippen LogP contribution in [0.2, 0.25) is 0 Å². The number of allylic oxidation sites excluding steroid dienone is 1. The Balaban J connectivity index is 0.000000367. The molecule has 0 spiro atoms. The Morgan fingerprint density at radius 1 is 0.825 bits per heavy atom.